The van der Waals surface area contributed by atoms with Gasteiger partial charge in [-0.1, -0.05) is 36.3 Å². The molecule has 1 heterocycles. The summed E-state index contributed by atoms with van der Waals surface area (Å²) in [6, 6.07) is 16.5. The molecule has 19 heavy (non-hydrogen) atoms. The van der Waals surface area contributed by atoms with Crippen LogP contribution in [0.25, 0.3) is 0 Å². The number of benzene rings is 2. The predicted molar refractivity (Wildman–Crippen MR) is 76.8 cm³/mol. The number of terminal acetylenes is 1. The van der Waals surface area contributed by atoms with E-state index in [1.54, 1.807) is 0 Å². The molecule has 3 rings (SSSR count). The normalized spacial score (nSPS) is 17.3. The lowest BCUT2D eigenvalue weighted by molar-refractivity contribution is 0.0970. The van der Waals surface area contributed by atoms with Gasteiger partial charge in [-0.25, -0.2) is 0 Å². The molecule has 94 valence electrons. The Bertz CT molecular complexity index is 627. The molecular formula is C17H15NO. The fourth-order valence-corrected chi connectivity index (χ4v) is 2.40. The van der Waals surface area contributed by atoms with Gasteiger partial charge in [0.2, 0.25) is 0 Å². The van der Waals surface area contributed by atoms with Crippen LogP contribution < -0.4 is 5.32 Å². The standard InChI is InChI=1S/C17H15NO/c1-2-13-6-5-8-15(10-13)18-17-12-19-11-14-7-3-4-9-16(14)17/h1,3-10,17-18H,11-12H2. The van der Waals surface area contributed by atoms with Crippen molar-refractivity contribution in [1.82, 2.24) is 0 Å². The van der Waals surface area contributed by atoms with Crippen molar-refractivity contribution in [3.8, 4) is 12.3 Å². The highest BCUT2D eigenvalue weighted by atomic mass is 16.5. The van der Waals surface area contributed by atoms with Crippen molar-refractivity contribution in [1.29, 1.82) is 0 Å². The van der Waals surface area contributed by atoms with E-state index in [2.05, 4.69) is 29.4 Å². The highest BCUT2D eigenvalue weighted by Crippen LogP contribution is 2.27. The molecule has 0 aliphatic carbocycles. The van der Waals surface area contributed by atoms with Crippen molar-refractivity contribution < 1.29 is 4.74 Å². The van der Waals surface area contributed by atoms with E-state index in [0.717, 1.165) is 11.3 Å². The van der Waals surface area contributed by atoms with E-state index < -0.39 is 0 Å². The molecule has 0 saturated heterocycles. The fraction of sp³-hybridized carbons (Fsp3) is 0.176. The summed E-state index contributed by atoms with van der Waals surface area (Å²) in [6.07, 6.45) is 5.43. The van der Waals surface area contributed by atoms with Crippen molar-refractivity contribution in [2.75, 3.05) is 11.9 Å². The summed E-state index contributed by atoms with van der Waals surface area (Å²) in [7, 11) is 0. The van der Waals surface area contributed by atoms with Crippen molar-refractivity contribution in [3.05, 3.63) is 65.2 Å². The number of nitrogens with one attached hydrogen (secondary N) is 1. The zero-order chi connectivity index (χ0) is 13.1. The Balaban J connectivity index is 1.86. The Kier molecular flexibility index (Phi) is 3.22. The molecule has 0 fully saturated rings. The minimum atomic E-state index is 0.179. The second kappa shape index (κ2) is 5.17. The van der Waals surface area contributed by atoms with E-state index in [9.17, 15) is 0 Å². The molecule has 0 amide bonds. The Morgan fingerprint density at radius 3 is 2.95 bits per heavy atom. The Hall–Kier alpha value is -2.24. The van der Waals surface area contributed by atoms with Crippen LogP contribution in [-0.4, -0.2) is 6.61 Å². The van der Waals surface area contributed by atoms with Crippen molar-refractivity contribution in [2.45, 2.75) is 12.6 Å². The third-order valence-corrected chi connectivity index (χ3v) is 3.34. The van der Waals surface area contributed by atoms with E-state index in [4.69, 9.17) is 11.2 Å². The van der Waals surface area contributed by atoms with E-state index in [-0.39, 0.29) is 6.04 Å². The highest BCUT2D eigenvalue weighted by Gasteiger charge is 2.19. The molecule has 0 aromatic heterocycles. The van der Waals surface area contributed by atoms with E-state index >= 15 is 0 Å². The van der Waals surface area contributed by atoms with Gasteiger partial charge in [0.15, 0.2) is 0 Å². The smallest absolute Gasteiger partial charge is 0.0751 e. The molecule has 2 aromatic rings. The molecular weight excluding hydrogens is 234 g/mol. The van der Waals surface area contributed by atoms with Gasteiger partial charge >= 0.3 is 0 Å². The summed E-state index contributed by atoms with van der Waals surface area (Å²) in [5.41, 5.74) is 4.47. The molecule has 0 radical (unpaired) electrons. The first-order valence-electron chi connectivity index (χ1n) is 6.35. The average Bonchev–Trinajstić information content (AvgIpc) is 2.48. The van der Waals surface area contributed by atoms with Crippen molar-refractivity contribution >= 4 is 5.69 Å². The highest BCUT2D eigenvalue weighted by molar-refractivity contribution is 5.52. The van der Waals surface area contributed by atoms with Gasteiger partial charge in [-0.3, -0.25) is 0 Å². The number of ether oxygens (including phenoxy) is 1. The minimum absolute atomic E-state index is 0.179. The van der Waals surface area contributed by atoms with Gasteiger partial charge in [0.25, 0.3) is 0 Å². The lowest BCUT2D eigenvalue weighted by Gasteiger charge is -2.27. The molecule has 1 N–H and O–H groups in total. The van der Waals surface area contributed by atoms with Crippen LogP contribution in [0.5, 0.6) is 0 Å². The zero-order valence-electron chi connectivity index (χ0n) is 10.6. The first-order chi connectivity index (χ1) is 9.36. The number of hydrogen-bond acceptors (Lipinski definition) is 2. The maximum absolute atomic E-state index is 5.63. The van der Waals surface area contributed by atoms with Gasteiger partial charge in [-0.2, -0.15) is 0 Å². The minimum Gasteiger partial charge on any atom is -0.376 e. The molecule has 0 saturated carbocycles. The zero-order valence-corrected chi connectivity index (χ0v) is 10.6. The van der Waals surface area contributed by atoms with Crippen LogP contribution in [0.3, 0.4) is 0 Å². The molecule has 2 heteroatoms. The molecule has 1 aliphatic rings. The summed E-state index contributed by atoms with van der Waals surface area (Å²) < 4.78 is 5.63. The largest absolute Gasteiger partial charge is 0.376 e. The summed E-state index contributed by atoms with van der Waals surface area (Å²) in [4.78, 5) is 0. The second-order valence-corrected chi connectivity index (χ2v) is 4.64. The van der Waals surface area contributed by atoms with E-state index in [0.29, 0.717) is 13.2 Å². The maximum Gasteiger partial charge on any atom is 0.0751 e. The van der Waals surface area contributed by atoms with Crippen LogP contribution in [0, 0.1) is 12.3 Å². The Morgan fingerprint density at radius 1 is 1.16 bits per heavy atom. The predicted octanol–water partition coefficient (Wildman–Crippen LogP) is 3.35. The summed E-state index contributed by atoms with van der Waals surface area (Å²) in [5.74, 6) is 2.65. The van der Waals surface area contributed by atoms with Gasteiger partial charge < -0.3 is 10.1 Å². The monoisotopic (exact) mass is 249 g/mol. The number of rotatable bonds is 2. The first-order valence-corrected chi connectivity index (χ1v) is 6.35. The average molecular weight is 249 g/mol. The van der Waals surface area contributed by atoms with E-state index in [1.165, 1.54) is 11.1 Å². The van der Waals surface area contributed by atoms with Crippen LogP contribution in [0.4, 0.5) is 5.69 Å². The number of anilines is 1. The van der Waals surface area contributed by atoms with Gasteiger partial charge in [-0.05, 0) is 29.3 Å². The third kappa shape index (κ3) is 2.47. The molecule has 0 bridgehead atoms. The first kappa shape index (κ1) is 11.8. The van der Waals surface area contributed by atoms with Crippen molar-refractivity contribution in [2.24, 2.45) is 0 Å². The second-order valence-electron chi connectivity index (χ2n) is 4.64. The topological polar surface area (TPSA) is 21.3 Å². The van der Waals surface area contributed by atoms with Crippen LogP contribution in [0.1, 0.15) is 22.7 Å². The van der Waals surface area contributed by atoms with Crippen LogP contribution >= 0.6 is 0 Å². The van der Waals surface area contributed by atoms with Crippen LogP contribution in [0.2, 0.25) is 0 Å². The van der Waals surface area contributed by atoms with Gasteiger partial charge in [0.1, 0.15) is 0 Å². The Labute approximate surface area is 113 Å². The van der Waals surface area contributed by atoms with Crippen LogP contribution in [0.15, 0.2) is 48.5 Å². The summed E-state index contributed by atoms with van der Waals surface area (Å²) >= 11 is 0. The number of fused-ring (bicyclic) bond motifs is 1. The van der Waals surface area contributed by atoms with Gasteiger partial charge in [0, 0.05) is 11.3 Å². The number of hydrogen-bond donors (Lipinski definition) is 1. The van der Waals surface area contributed by atoms with Crippen molar-refractivity contribution in [3.63, 3.8) is 0 Å². The molecule has 2 aromatic carbocycles. The maximum atomic E-state index is 5.63. The molecule has 1 aliphatic heterocycles. The van der Waals surface area contributed by atoms with Crippen LogP contribution in [-0.2, 0) is 11.3 Å². The Morgan fingerprint density at radius 2 is 2.05 bits per heavy atom. The molecule has 1 unspecified atom stereocenters. The lowest BCUT2D eigenvalue weighted by Crippen LogP contribution is -2.23. The quantitative estimate of drug-likeness (QED) is 0.824. The fourth-order valence-electron chi connectivity index (χ4n) is 2.40. The molecule has 1 atom stereocenters. The SMILES string of the molecule is C#Cc1cccc(NC2COCc3ccccc32)c1. The van der Waals surface area contributed by atoms with E-state index in [1.807, 2.05) is 30.3 Å². The third-order valence-electron chi connectivity index (χ3n) is 3.34. The molecule has 0 spiro atoms. The van der Waals surface area contributed by atoms with Gasteiger partial charge in [-0.15, -0.1) is 6.42 Å². The lowest BCUT2D eigenvalue weighted by atomic mass is 9.99. The summed E-state index contributed by atoms with van der Waals surface area (Å²) in [6.45, 7) is 1.37. The molecule has 2 nitrogen and oxygen atoms in total. The summed E-state index contributed by atoms with van der Waals surface area (Å²) in [5, 5.41) is 3.49. The van der Waals surface area contributed by atoms with Gasteiger partial charge in [0.05, 0.1) is 19.3 Å².